The maximum Gasteiger partial charge on any atom is 0.127 e. The van der Waals surface area contributed by atoms with E-state index in [2.05, 4.69) is 48.5 Å². The summed E-state index contributed by atoms with van der Waals surface area (Å²) in [5, 5.41) is 23.4. The first-order chi connectivity index (χ1) is 15.3. The number of hydrogen-bond donors (Lipinski definition) is 2. The number of hydrogen-bond acceptors (Lipinski definition) is 4. The predicted molar refractivity (Wildman–Crippen MR) is 128 cm³/mol. The van der Waals surface area contributed by atoms with E-state index in [1.807, 2.05) is 18.2 Å². The Bertz CT molecular complexity index is 1010. The lowest BCUT2D eigenvalue weighted by Gasteiger charge is -2.52. The fourth-order valence-electron chi connectivity index (χ4n) is 5.75. The highest BCUT2D eigenvalue weighted by atomic mass is 35.5. The summed E-state index contributed by atoms with van der Waals surface area (Å²) in [7, 11) is 4.12. The number of nitrogens with zero attached hydrogens (tertiary/aromatic N) is 1. The highest BCUT2D eigenvalue weighted by Crippen LogP contribution is 2.54. The Morgan fingerprint density at radius 3 is 2.66 bits per heavy atom. The number of fused-ring (bicyclic) bond motifs is 3. The minimum atomic E-state index is -1.02. The second-order valence-electron chi connectivity index (χ2n) is 9.67. The average molecular weight is 454 g/mol. The van der Waals surface area contributed by atoms with Crippen molar-refractivity contribution in [3.8, 4) is 22.8 Å². The van der Waals surface area contributed by atoms with Gasteiger partial charge in [-0.3, -0.25) is 0 Å². The van der Waals surface area contributed by atoms with E-state index in [1.54, 1.807) is 6.07 Å². The summed E-state index contributed by atoms with van der Waals surface area (Å²) in [5.41, 5.74) is 2.65. The van der Waals surface area contributed by atoms with Gasteiger partial charge >= 0.3 is 0 Å². The molecule has 170 valence electrons. The Kier molecular flexibility index (Phi) is 6.72. The fourth-order valence-corrected chi connectivity index (χ4v) is 5.92. The van der Waals surface area contributed by atoms with Crippen molar-refractivity contribution in [2.45, 2.75) is 56.1 Å². The van der Waals surface area contributed by atoms with Crippen molar-refractivity contribution >= 4 is 11.6 Å². The van der Waals surface area contributed by atoms with Gasteiger partial charge in [-0.25, -0.2) is 0 Å². The van der Waals surface area contributed by atoms with Gasteiger partial charge in [-0.15, -0.1) is 0 Å². The van der Waals surface area contributed by atoms with Gasteiger partial charge in [0.25, 0.3) is 0 Å². The van der Waals surface area contributed by atoms with Gasteiger partial charge in [-0.2, -0.15) is 0 Å². The molecule has 0 heterocycles. The Labute approximate surface area is 196 Å². The molecule has 2 aliphatic rings. The molecule has 5 heteroatoms. The van der Waals surface area contributed by atoms with Crippen LogP contribution in [0.5, 0.6) is 11.5 Å². The number of benzene rings is 2. The summed E-state index contributed by atoms with van der Waals surface area (Å²) < 4.78 is 6.18. The third-order valence-corrected chi connectivity index (χ3v) is 7.35. The van der Waals surface area contributed by atoms with Crippen molar-refractivity contribution in [2.75, 3.05) is 20.7 Å². The molecule has 1 fully saturated rings. The lowest BCUT2D eigenvalue weighted by Crippen LogP contribution is -2.50. The molecule has 0 spiro atoms. The van der Waals surface area contributed by atoms with Gasteiger partial charge in [0.05, 0.1) is 6.61 Å². The highest BCUT2D eigenvalue weighted by Gasteiger charge is 2.51. The summed E-state index contributed by atoms with van der Waals surface area (Å²) in [6.45, 7) is 1.51. The Morgan fingerprint density at radius 1 is 1.16 bits per heavy atom. The normalized spacial score (nSPS) is 26.6. The van der Waals surface area contributed by atoms with Crippen molar-refractivity contribution in [2.24, 2.45) is 5.92 Å². The zero-order chi connectivity index (χ0) is 22.8. The molecular formula is C27H32ClNO3. The van der Waals surface area contributed by atoms with Gasteiger partial charge in [-0.1, -0.05) is 24.1 Å². The molecule has 1 saturated carbocycles. The van der Waals surface area contributed by atoms with E-state index in [0.29, 0.717) is 31.1 Å². The van der Waals surface area contributed by atoms with Gasteiger partial charge in [-0.05, 0) is 111 Å². The van der Waals surface area contributed by atoms with Crippen LogP contribution >= 0.6 is 11.6 Å². The molecule has 2 aromatic carbocycles. The molecule has 0 aliphatic heterocycles. The van der Waals surface area contributed by atoms with Gasteiger partial charge < -0.3 is 19.8 Å². The first-order valence-electron chi connectivity index (χ1n) is 11.4. The van der Waals surface area contributed by atoms with Gasteiger partial charge in [0.15, 0.2) is 0 Å². The molecule has 4 rings (SSSR count). The standard InChI is InChI=1S/C27H32ClNO3/c1-29(2)19-20-3-8-24(9-4-20)32-16-14-27-12-11-26(31,13-15-28)18-22(27)6-5-21-17-23(30)7-10-25(21)27/h3-4,7-10,17,22,30-31H,5-6,11-12,14,16,18-19H2,1-2H3/t22-,26+,27+/m1/s1. The number of aliphatic hydroxyl groups is 1. The Hall–Kier alpha value is -2.19. The third-order valence-electron chi connectivity index (χ3n) is 7.26. The highest BCUT2D eigenvalue weighted by molar-refractivity contribution is 6.30. The molecule has 0 radical (unpaired) electrons. The minimum Gasteiger partial charge on any atom is -0.508 e. The van der Waals surface area contributed by atoms with Gasteiger partial charge in [0, 0.05) is 17.3 Å². The number of phenols is 1. The van der Waals surface area contributed by atoms with Crippen LogP contribution in [0.4, 0.5) is 0 Å². The maximum absolute atomic E-state index is 11.0. The van der Waals surface area contributed by atoms with E-state index in [0.717, 1.165) is 38.0 Å². The molecule has 2 N–H and O–H groups in total. The van der Waals surface area contributed by atoms with Crippen LogP contribution < -0.4 is 4.74 Å². The van der Waals surface area contributed by atoms with Gasteiger partial charge in [0.1, 0.15) is 17.1 Å². The van der Waals surface area contributed by atoms with Crippen molar-refractivity contribution in [1.29, 1.82) is 0 Å². The Morgan fingerprint density at radius 2 is 1.94 bits per heavy atom. The average Bonchev–Trinajstić information content (AvgIpc) is 2.75. The SMILES string of the molecule is CN(C)Cc1ccc(OCC[C@@]23CC[C@](O)(C#CCl)C[C@H]2CCc2cc(O)ccc23)cc1. The second kappa shape index (κ2) is 9.35. The maximum atomic E-state index is 11.0. The lowest BCUT2D eigenvalue weighted by atomic mass is 9.53. The summed E-state index contributed by atoms with van der Waals surface area (Å²) in [4.78, 5) is 2.15. The number of ether oxygens (including phenoxy) is 1. The van der Waals surface area contributed by atoms with Crippen LogP contribution in [0.1, 0.15) is 48.8 Å². The van der Waals surface area contributed by atoms with Crippen LogP contribution in [0.2, 0.25) is 0 Å². The van der Waals surface area contributed by atoms with Crippen LogP contribution in [0.15, 0.2) is 42.5 Å². The molecule has 32 heavy (non-hydrogen) atoms. The van der Waals surface area contributed by atoms with Crippen LogP contribution in [-0.4, -0.2) is 41.4 Å². The zero-order valence-electron chi connectivity index (χ0n) is 18.9. The summed E-state index contributed by atoms with van der Waals surface area (Å²) in [6, 6.07) is 14.1. The topological polar surface area (TPSA) is 52.9 Å². The number of aryl methyl sites for hydroxylation is 1. The molecule has 0 saturated heterocycles. The van der Waals surface area contributed by atoms with Crippen LogP contribution in [0.25, 0.3) is 0 Å². The fraction of sp³-hybridized carbons (Fsp3) is 0.481. The third kappa shape index (κ3) is 4.76. The van der Waals surface area contributed by atoms with Crippen molar-refractivity contribution in [3.63, 3.8) is 0 Å². The molecule has 2 aliphatic carbocycles. The number of halogens is 1. The predicted octanol–water partition coefficient (Wildman–Crippen LogP) is 4.84. The number of rotatable bonds is 6. The van der Waals surface area contributed by atoms with Gasteiger partial charge in [0.2, 0.25) is 0 Å². The van der Waals surface area contributed by atoms with E-state index in [4.69, 9.17) is 16.3 Å². The molecule has 0 bridgehead atoms. The van der Waals surface area contributed by atoms with E-state index >= 15 is 0 Å². The summed E-state index contributed by atoms with van der Waals surface area (Å²) in [6.07, 6.45) is 4.74. The lowest BCUT2D eigenvalue weighted by molar-refractivity contribution is -0.0142. The van der Waals surface area contributed by atoms with E-state index in [1.165, 1.54) is 16.7 Å². The first-order valence-corrected chi connectivity index (χ1v) is 11.8. The zero-order valence-corrected chi connectivity index (χ0v) is 19.7. The van der Waals surface area contributed by atoms with Crippen LogP contribution in [0, 0.1) is 17.2 Å². The quantitative estimate of drug-likeness (QED) is 0.614. The van der Waals surface area contributed by atoms with Crippen molar-refractivity contribution in [3.05, 3.63) is 59.2 Å². The summed E-state index contributed by atoms with van der Waals surface area (Å²) in [5.74, 6) is 4.32. The van der Waals surface area contributed by atoms with E-state index in [-0.39, 0.29) is 5.41 Å². The molecule has 3 atom stereocenters. The number of phenolic OH excluding ortho intramolecular Hbond substituents is 1. The van der Waals surface area contributed by atoms with Crippen molar-refractivity contribution < 1.29 is 14.9 Å². The molecular weight excluding hydrogens is 422 g/mol. The number of aromatic hydroxyl groups is 1. The first kappa shape index (κ1) is 23.0. The Balaban J connectivity index is 1.54. The van der Waals surface area contributed by atoms with Crippen LogP contribution in [-0.2, 0) is 18.4 Å². The molecule has 2 aromatic rings. The molecule has 0 unspecified atom stereocenters. The monoisotopic (exact) mass is 453 g/mol. The smallest absolute Gasteiger partial charge is 0.127 e. The molecule has 0 amide bonds. The van der Waals surface area contributed by atoms with Crippen molar-refractivity contribution in [1.82, 2.24) is 4.90 Å². The second-order valence-corrected chi connectivity index (χ2v) is 9.86. The molecule has 0 aromatic heterocycles. The minimum absolute atomic E-state index is 0.0909. The summed E-state index contributed by atoms with van der Waals surface area (Å²) >= 11 is 5.65. The van der Waals surface area contributed by atoms with E-state index in [9.17, 15) is 10.2 Å². The largest absolute Gasteiger partial charge is 0.508 e. The molecule has 4 nitrogen and oxygen atoms in total. The van der Waals surface area contributed by atoms with E-state index < -0.39 is 5.60 Å². The van der Waals surface area contributed by atoms with Crippen LogP contribution in [0.3, 0.4) is 0 Å².